The number of rotatable bonds is 4. The van der Waals surface area contributed by atoms with Crippen molar-refractivity contribution in [2.45, 2.75) is 19.3 Å². The second kappa shape index (κ2) is 4.06. The fourth-order valence-corrected chi connectivity index (χ4v) is 1.49. The van der Waals surface area contributed by atoms with Gasteiger partial charge < -0.3 is 10.1 Å². The minimum Gasteiger partial charge on any atom is -0.377 e. The van der Waals surface area contributed by atoms with Gasteiger partial charge in [0.15, 0.2) is 0 Å². The van der Waals surface area contributed by atoms with Crippen molar-refractivity contribution < 1.29 is 4.74 Å². The highest BCUT2D eigenvalue weighted by Gasteiger charge is 2.20. The average molecular weight is 167 g/mol. The zero-order valence-corrected chi connectivity index (χ0v) is 7.51. The average Bonchev–Trinajstić information content (AvgIpc) is 2.90. The Labute approximate surface area is 74.0 Å². The Hall–Kier alpha value is -0.340. The van der Waals surface area contributed by atoms with Crippen molar-refractivity contribution in [3.63, 3.8) is 0 Å². The minimum atomic E-state index is 0.845. The van der Waals surface area contributed by atoms with Gasteiger partial charge in [0.25, 0.3) is 0 Å². The predicted octanol–water partition coefficient (Wildman–Crippen LogP) is 1.33. The van der Waals surface area contributed by atoms with Gasteiger partial charge in [-0.2, -0.15) is 0 Å². The van der Waals surface area contributed by atoms with Crippen molar-refractivity contribution in [1.29, 1.82) is 0 Å². The lowest BCUT2D eigenvalue weighted by Crippen LogP contribution is -2.23. The number of ether oxygens (including phenoxy) is 1. The summed E-state index contributed by atoms with van der Waals surface area (Å²) in [5.74, 6) is 0.982. The fraction of sp³-hybridized carbons (Fsp3) is 0.800. The second-order valence-electron chi connectivity index (χ2n) is 3.78. The van der Waals surface area contributed by atoms with E-state index in [1.807, 2.05) is 0 Å². The Morgan fingerprint density at radius 2 is 2.42 bits per heavy atom. The summed E-state index contributed by atoms with van der Waals surface area (Å²) in [5.41, 5.74) is 1.43. The summed E-state index contributed by atoms with van der Waals surface area (Å²) >= 11 is 0. The maximum atomic E-state index is 5.35. The van der Waals surface area contributed by atoms with Gasteiger partial charge in [-0.25, -0.2) is 0 Å². The Kier molecular flexibility index (Phi) is 2.79. The molecule has 0 bridgehead atoms. The lowest BCUT2D eigenvalue weighted by Gasteiger charge is -2.13. The Morgan fingerprint density at radius 3 is 3.08 bits per heavy atom. The maximum absolute atomic E-state index is 5.35. The molecule has 1 heterocycles. The van der Waals surface area contributed by atoms with E-state index in [0.717, 1.165) is 32.1 Å². The first-order valence-electron chi connectivity index (χ1n) is 4.91. The molecule has 2 nitrogen and oxygen atoms in total. The molecule has 0 aromatic carbocycles. The van der Waals surface area contributed by atoms with E-state index >= 15 is 0 Å². The lowest BCUT2D eigenvalue weighted by molar-refractivity contribution is 0.149. The number of hydrogen-bond acceptors (Lipinski definition) is 2. The molecule has 0 unspecified atom stereocenters. The van der Waals surface area contributed by atoms with Gasteiger partial charge >= 0.3 is 0 Å². The predicted molar refractivity (Wildman–Crippen MR) is 49.1 cm³/mol. The summed E-state index contributed by atoms with van der Waals surface area (Å²) in [6, 6.07) is 0. The van der Waals surface area contributed by atoms with Crippen LogP contribution in [0.4, 0.5) is 0 Å². The molecular weight excluding hydrogens is 150 g/mol. The molecule has 1 aliphatic carbocycles. The molecule has 0 spiro atoms. The van der Waals surface area contributed by atoms with Crippen molar-refractivity contribution in [2.24, 2.45) is 5.92 Å². The van der Waals surface area contributed by atoms with Crippen molar-refractivity contribution in [2.75, 3.05) is 26.3 Å². The van der Waals surface area contributed by atoms with Crippen LogP contribution in [0, 0.1) is 5.92 Å². The SMILES string of the molecule is C1=C(CNCC2CC2)COCC1. The van der Waals surface area contributed by atoms with Gasteiger partial charge in [-0.15, -0.1) is 0 Å². The molecule has 0 saturated heterocycles. The van der Waals surface area contributed by atoms with Gasteiger partial charge in [-0.05, 0) is 37.3 Å². The summed E-state index contributed by atoms with van der Waals surface area (Å²) in [6.07, 6.45) is 6.27. The van der Waals surface area contributed by atoms with E-state index in [1.165, 1.54) is 25.0 Å². The monoisotopic (exact) mass is 167 g/mol. The lowest BCUT2D eigenvalue weighted by atomic mass is 10.2. The first-order valence-corrected chi connectivity index (χ1v) is 4.91. The van der Waals surface area contributed by atoms with E-state index in [1.54, 1.807) is 0 Å². The topological polar surface area (TPSA) is 21.3 Å². The van der Waals surface area contributed by atoms with Crippen molar-refractivity contribution >= 4 is 0 Å². The van der Waals surface area contributed by atoms with Crippen LogP contribution in [-0.2, 0) is 4.74 Å². The van der Waals surface area contributed by atoms with E-state index in [4.69, 9.17) is 4.74 Å². The van der Waals surface area contributed by atoms with Gasteiger partial charge in [0.05, 0.1) is 13.2 Å². The summed E-state index contributed by atoms with van der Waals surface area (Å²) in [4.78, 5) is 0. The molecule has 1 fully saturated rings. The highest BCUT2D eigenvalue weighted by atomic mass is 16.5. The van der Waals surface area contributed by atoms with Gasteiger partial charge in [-0.1, -0.05) is 6.08 Å². The zero-order chi connectivity index (χ0) is 8.23. The van der Waals surface area contributed by atoms with Gasteiger partial charge in [-0.3, -0.25) is 0 Å². The summed E-state index contributed by atoms with van der Waals surface area (Å²) in [6.45, 7) is 4.00. The first kappa shape index (κ1) is 8.27. The number of nitrogens with one attached hydrogen (secondary N) is 1. The van der Waals surface area contributed by atoms with Crippen molar-refractivity contribution in [1.82, 2.24) is 5.32 Å². The van der Waals surface area contributed by atoms with Gasteiger partial charge in [0.2, 0.25) is 0 Å². The summed E-state index contributed by atoms with van der Waals surface area (Å²) < 4.78 is 5.35. The Balaban J connectivity index is 1.60. The van der Waals surface area contributed by atoms with E-state index in [-0.39, 0.29) is 0 Å². The van der Waals surface area contributed by atoms with Crippen LogP contribution in [0.2, 0.25) is 0 Å². The molecule has 1 aliphatic heterocycles. The maximum Gasteiger partial charge on any atom is 0.0689 e. The molecule has 1 saturated carbocycles. The molecule has 0 atom stereocenters. The third-order valence-electron chi connectivity index (χ3n) is 2.46. The van der Waals surface area contributed by atoms with E-state index in [2.05, 4.69) is 11.4 Å². The second-order valence-corrected chi connectivity index (χ2v) is 3.78. The largest absolute Gasteiger partial charge is 0.377 e. The third kappa shape index (κ3) is 2.61. The van der Waals surface area contributed by atoms with Crippen molar-refractivity contribution in [3.05, 3.63) is 11.6 Å². The molecule has 0 aromatic rings. The number of hydrogen-bond donors (Lipinski definition) is 1. The molecular formula is C10H17NO. The molecule has 2 rings (SSSR count). The molecule has 0 radical (unpaired) electrons. The van der Waals surface area contributed by atoms with E-state index in [0.29, 0.717) is 0 Å². The van der Waals surface area contributed by atoms with Crippen LogP contribution in [0.15, 0.2) is 11.6 Å². The Morgan fingerprint density at radius 1 is 1.50 bits per heavy atom. The van der Waals surface area contributed by atoms with Crippen LogP contribution in [0.5, 0.6) is 0 Å². The first-order chi connectivity index (χ1) is 5.95. The molecule has 12 heavy (non-hydrogen) atoms. The van der Waals surface area contributed by atoms with E-state index in [9.17, 15) is 0 Å². The molecule has 2 heteroatoms. The van der Waals surface area contributed by atoms with Crippen LogP contribution in [0.3, 0.4) is 0 Å². The molecule has 1 N–H and O–H groups in total. The fourth-order valence-electron chi connectivity index (χ4n) is 1.49. The molecule has 0 aromatic heterocycles. The highest BCUT2D eigenvalue weighted by Crippen LogP contribution is 2.27. The van der Waals surface area contributed by atoms with Crippen molar-refractivity contribution in [3.8, 4) is 0 Å². The quantitative estimate of drug-likeness (QED) is 0.638. The van der Waals surface area contributed by atoms with Crippen LogP contribution in [0.25, 0.3) is 0 Å². The minimum absolute atomic E-state index is 0.845. The van der Waals surface area contributed by atoms with Crippen LogP contribution in [0.1, 0.15) is 19.3 Å². The summed E-state index contributed by atoms with van der Waals surface area (Å²) in [5, 5.41) is 3.47. The third-order valence-corrected chi connectivity index (χ3v) is 2.46. The van der Waals surface area contributed by atoms with Crippen LogP contribution >= 0.6 is 0 Å². The standard InChI is InChI=1S/C10H17NO/c1-2-10(8-12-5-1)7-11-6-9-3-4-9/h2,9,11H,1,3-8H2. The highest BCUT2D eigenvalue weighted by molar-refractivity contribution is 5.06. The Bertz CT molecular complexity index is 173. The van der Waals surface area contributed by atoms with Crippen LogP contribution in [-0.4, -0.2) is 26.3 Å². The molecule has 68 valence electrons. The van der Waals surface area contributed by atoms with Crippen LogP contribution < -0.4 is 5.32 Å². The van der Waals surface area contributed by atoms with E-state index < -0.39 is 0 Å². The molecule has 2 aliphatic rings. The zero-order valence-electron chi connectivity index (χ0n) is 7.51. The molecule has 0 amide bonds. The van der Waals surface area contributed by atoms with Gasteiger partial charge in [0, 0.05) is 6.54 Å². The smallest absolute Gasteiger partial charge is 0.0689 e. The normalized spacial score (nSPS) is 23.8. The summed E-state index contributed by atoms with van der Waals surface area (Å²) in [7, 11) is 0. The van der Waals surface area contributed by atoms with Gasteiger partial charge in [0.1, 0.15) is 0 Å².